The standard InChI is InChI=1S/C20H22O11/c1-8-2-10(22)6-11(3-8)29-20-17(27)18(16(26)14(7-21)30-20)31-19(28)9-4-12(23)15(25)13(24)5-9/h2-6,14,16-18,20-27H,7H2,1H3. The quantitative estimate of drug-likeness (QED) is 0.243. The summed E-state index contributed by atoms with van der Waals surface area (Å²) in [6, 6.07) is 5.91. The first kappa shape index (κ1) is 22.4. The number of hydrogen-bond donors (Lipinski definition) is 7. The number of esters is 1. The number of aromatic hydroxyl groups is 4. The number of carbonyl (C=O) groups excluding carboxylic acids is 1. The monoisotopic (exact) mass is 438 g/mol. The molecule has 0 aromatic heterocycles. The van der Waals surface area contributed by atoms with Crippen LogP contribution in [0.5, 0.6) is 28.7 Å². The van der Waals surface area contributed by atoms with Crippen molar-refractivity contribution in [2.24, 2.45) is 0 Å². The maximum Gasteiger partial charge on any atom is 0.338 e. The molecule has 5 unspecified atom stereocenters. The van der Waals surface area contributed by atoms with E-state index in [1.165, 1.54) is 18.2 Å². The van der Waals surface area contributed by atoms with Gasteiger partial charge in [0.15, 0.2) is 29.5 Å². The molecule has 1 heterocycles. The van der Waals surface area contributed by atoms with E-state index in [2.05, 4.69) is 0 Å². The molecule has 2 aromatic carbocycles. The van der Waals surface area contributed by atoms with Crippen molar-refractivity contribution in [2.75, 3.05) is 6.61 Å². The molecule has 0 amide bonds. The number of rotatable bonds is 5. The molecule has 1 fully saturated rings. The number of aliphatic hydroxyl groups is 3. The van der Waals surface area contributed by atoms with E-state index < -0.39 is 60.5 Å². The summed E-state index contributed by atoms with van der Waals surface area (Å²) in [7, 11) is 0. The smallest absolute Gasteiger partial charge is 0.338 e. The van der Waals surface area contributed by atoms with Gasteiger partial charge < -0.3 is 50.0 Å². The van der Waals surface area contributed by atoms with Crippen LogP contribution in [0.2, 0.25) is 0 Å². The molecule has 2 aromatic rings. The molecule has 11 heteroatoms. The molecule has 0 aliphatic carbocycles. The lowest BCUT2D eigenvalue weighted by atomic mass is 9.98. The van der Waals surface area contributed by atoms with E-state index in [1.54, 1.807) is 6.92 Å². The largest absolute Gasteiger partial charge is 0.508 e. The van der Waals surface area contributed by atoms with Crippen molar-refractivity contribution in [3.63, 3.8) is 0 Å². The van der Waals surface area contributed by atoms with Crippen LogP contribution in [0, 0.1) is 6.92 Å². The van der Waals surface area contributed by atoms with Crippen molar-refractivity contribution >= 4 is 5.97 Å². The van der Waals surface area contributed by atoms with Crippen LogP contribution >= 0.6 is 0 Å². The van der Waals surface area contributed by atoms with Gasteiger partial charge in [0.25, 0.3) is 0 Å². The van der Waals surface area contributed by atoms with Gasteiger partial charge in [0, 0.05) is 6.07 Å². The molecule has 1 saturated heterocycles. The van der Waals surface area contributed by atoms with Crippen molar-refractivity contribution < 1.29 is 54.8 Å². The molecule has 1 aliphatic rings. The predicted octanol–water partition coefficient (Wildman–Crippen LogP) is -0.139. The third-order valence-electron chi connectivity index (χ3n) is 4.66. The normalized spacial score (nSPS) is 25.7. The number of phenols is 4. The van der Waals surface area contributed by atoms with Crippen LogP contribution in [-0.2, 0) is 9.47 Å². The molecule has 5 atom stereocenters. The Morgan fingerprint density at radius 3 is 2.23 bits per heavy atom. The summed E-state index contributed by atoms with van der Waals surface area (Å²) in [6.07, 6.45) is -7.76. The van der Waals surface area contributed by atoms with Crippen molar-refractivity contribution in [3.05, 3.63) is 41.5 Å². The lowest BCUT2D eigenvalue weighted by molar-refractivity contribution is -0.276. The first-order chi connectivity index (χ1) is 14.6. The van der Waals surface area contributed by atoms with E-state index in [-0.39, 0.29) is 17.1 Å². The van der Waals surface area contributed by atoms with Crippen LogP contribution in [0.1, 0.15) is 15.9 Å². The van der Waals surface area contributed by atoms with Gasteiger partial charge in [-0.25, -0.2) is 4.79 Å². The molecule has 0 radical (unpaired) electrons. The number of phenolic OH excluding ortho intramolecular Hbond substituents is 4. The number of aryl methyl sites for hydroxylation is 1. The second kappa shape index (κ2) is 8.86. The van der Waals surface area contributed by atoms with E-state index in [1.807, 2.05) is 0 Å². The molecular weight excluding hydrogens is 416 g/mol. The van der Waals surface area contributed by atoms with Crippen LogP contribution in [0.15, 0.2) is 30.3 Å². The minimum atomic E-state index is -1.72. The molecule has 1 aliphatic heterocycles. The summed E-state index contributed by atoms with van der Waals surface area (Å²) in [6.45, 7) is 1.000. The summed E-state index contributed by atoms with van der Waals surface area (Å²) in [5, 5.41) is 68.7. The lowest BCUT2D eigenvalue weighted by Crippen LogP contribution is -2.61. The Labute approximate surface area is 175 Å². The fraction of sp³-hybridized carbons (Fsp3) is 0.350. The predicted molar refractivity (Wildman–Crippen MR) is 102 cm³/mol. The van der Waals surface area contributed by atoms with Gasteiger partial charge >= 0.3 is 5.97 Å². The van der Waals surface area contributed by atoms with Gasteiger partial charge in [0.1, 0.15) is 23.7 Å². The summed E-state index contributed by atoms with van der Waals surface area (Å²) in [4.78, 5) is 12.4. The highest BCUT2D eigenvalue weighted by atomic mass is 16.7. The Balaban J connectivity index is 1.83. The van der Waals surface area contributed by atoms with Crippen molar-refractivity contribution in [2.45, 2.75) is 37.6 Å². The number of aliphatic hydroxyl groups excluding tert-OH is 3. The summed E-state index contributed by atoms with van der Waals surface area (Å²) >= 11 is 0. The molecule has 3 rings (SSSR count). The SMILES string of the molecule is Cc1cc(O)cc(OC2OC(CO)C(O)C(OC(=O)c3cc(O)c(O)c(O)c3)C2O)c1. The van der Waals surface area contributed by atoms with Gasteiger partial charge in [0.2, 0.25) is 6.29 Å². The highest BCUT2D eigenvalue weighted by Gasteiger charge is 2.48. The van der Waals surface area contributed by atoms with Crippen molar-refractivity contribution in [3.8, 4) is 28.7 Å². The highest BCUT2D eigenvalue weighted by Crippen LogP contribution is 2.36. The molecule has 0 spiro atoms. The molecular formula is C20H22O11. The van der Waals surface area contributed by atoms with E-state index in [9.17, 15) is 40.5 Å². The molecule has 0 bridgehead atoms. The second-order valence-electron chi connectivity index (χ2n) is 7.06. The molecule has 168 valence electrons. The first-order valence-electron chi connectivity index (χ1n) is 9.16. The van der Waals surface area contributed by atoms with Crippen molar-refractivity contribution in [1.29, 1.82) is 0 Å². The van der Waals surface area contributed by atoms with Crippen molar-refractivity contribution in [1.82, 2.24) is 0 Å². The Morgan fingerprint density at radius 1 is 1.00 bits per heavy atom. The van der Waals surface area contributed by atoms with E-state index in [0.29, 0.717) is 5.56 Å². The Hall–Kier alpha value is -3.25. The highest BCUT2D eigenvalue weighted by molar-refractivity contribution is 5.91. The summed E-state index contributed by atoms with van der Waals surface area (Å²) in [5.74, 6) is -3.54. The van der Waals surface area contributed by atoms with Crippen LogP contribution in [0.4, 0.5) is 0 Å². The van der Waals surface area contributed by atoms with Gasteiger partial charge in [-0.2, -0.15) is 0 Å². The maximum atomic E-state index is 12.4. The van der Waals surface area contributed by atoms with E-state index in [0.717, 1.165) is 12.1 Å². The second-order valence-corrected chi connectivity index (χ2v) is 7.06. The summed E-state index contributed by atoms with van der Waals surface area (Å²) < 4.78 is 16.0. The summed E-state index contributed by atoms with van der Waals surface area (Å²) in [5.41, 5.74) is 0.272. The number of ether oxygens (including phenoxy) is 3. The first-order valence-corrected chi connectivity index (χ1v) is 9.16. The van der Waals surface area contributed by atoms with Gasteiger partial charge in [-0.3, -0.25) is 0 Å². The van der Waals surface area contributed by atoms with E-state index >= 15 is 0 Å². The van der Waals surface area contributed by atoms with Crippen LogP contribution in [-0.4, -0.2) is 79.0 Å². The Morgan fingerprint density at radius 2 is 1.65 bits per heavy atom. The van der Waals surface area contributed by atoms with Gasteiger partial charge in [-0.15, -0.1) is 0 Å². The average molecular weight is 438 g/mol. The van der Waals surface area contributed by atoms with Gasteiger partial charge in [-0.1, -0.05) is 0 Å². The molecule has 11 nitrogen and oxygen atoms in total. The zero-order valence-corrected chi connectivity index (χ0v) is 16.2. The van der Waals surface area contributed by atoms with Crippen LogP contribution in [0.3, 0.4) is 0 Å². The van der Waals surface area contributed by atoms with Crippen LogP contribution < -0.4 is 4.74 Å². The zero-order chi connectivity index (χ0) is 22.9. The minimum Gasteiger partial charge on any atom is -0.508 e. The number of carbonyl (C=O) groups is 1. The Bertz CT molecular complexity index is 917. The Kier molecular flexibility index (Phi) is 6.41. The average Bonchev–Trinajstić information content (AvgIpc) is 2.70. The molecule has 0 saturated carbocycles. The maximum absolute atomic E-state index is 12.4. The molecule has 31 heavy (non-hydrogen) atoms. The van der Waals surface area contributed by atoms with Crippen LogP contribution in [0.25, 0.3) is 0 Å². The van der Waals surface area contributed by atoms with Gasteiger partial charge in [0.05, 0.1) is 12.2 Å². The topological polar surface area (TPSA) is 186 Å². The molecule has 7 N–H and O–H groups in total. The number of hydrogen-bond acceptors (Lipinski definition) is 11. The van der Waals surface area contributed by atoms with E-state index in [4.69, 9.17) is 14.2 Å². The zero-order valence-electron chi connectivity index (χ0n) is 16.2. The third kappa shape index (κ3) is 4.75. The van der Waals surface area contributed by atoms with Gasteiger partial charge in [-0.05, 0) is 36.8 Å². The third-order valence-corrected chi connectivity index (χ3v) is 4.66. The number of benzene rings is 2. The fourth-order valence-corrected chi connectivity index (χ4v) is 3.13. The minimum absolute atomic E-state index is 0.103. The fourth-order valence-electron chi connectivity index (χ4n) is 3.13. The lowest BCUT2D eigenvalue weighted by Gasteiger charge is -2.41.